The summed E-state index contributed by atoms with van der Waals surface area (Å²) < 4.78 is 25.9. The van der Waals surface area contributed by atoms with E-state index in [0.29, 0.717) is 44.6 Å². The molecular formula is C17H27N3O3S. The van der Waals surface area contributed by atoms with Crippen molar-refractivity contribution < 1.29 is 13.2 Å². The van der Waals surface area contributed by atoms with Crippen molar-refractivity contribution in [2.24, 2.45) is 0 Å². The van der Waals surface area contributed by atoms with Gasteiger partial charge in [0.2, 0.25) is 10.0 Å². The third-order valence-corrected chi connectivity index (χ3v) is 6.30. The molecule has 0 saturated carbocycles. The van der Waals surface area contributed by atoms with Gasteiger partial charge in [0.15, 0.2) is 0 Å². The molecule has 0 N–H and O–H groups in total. The summed E-state index contributed by atoms with van der Waals surface area (Å²) in [5.41, 5.74) is 1.68. The molecule has 0 spiro atoms. The molecule has 24 heavy (non-hydrogen) atoms. The third-order valence-electron chi connectivity index (χ3n) is 4.23. The van der Waals surface area contributed by atoms with Crippen molar-refractivity contribution in [3.63, 3.8) is 0 Å². The number of anilines is 1. The fourth-order valence-electron chi connectivity index (χ4n) is 2.85. The molecule has 0 aliphatic carbocycles. The van der Waals surface area contributed by atoms with E-state index < -0.39 is 10.0 Å². The van der Waals surface area contributed by atoms with Crippen molar-refractivity contribution in [3.8, 4) is 0 Å². The Kier molecular flexibility index (Phi) is 6.23. The molecule has 134 valence electrons. The van der Waals surface area contributed by atoms with E-state index in [1.54, 1.807) is 4.90 Å². The number of sulfonamides is 1. The smallest absolute Gasteiger partial charge is 0.253 e. The summed E-state index contributed by atoms with van der Waals surface area (Å²) in [6, 6.07) is 7.49. The molecule has 1 amide bonds. The van der Waals surface area contributed by atoms with Crippen LogP contribution in [0.3, 0.4) is 0 Å². The normalized spacial score (nSPS) is 16.7. The Bertz CT molecular complexity index is 656. The second-order valence-corrected chi connectivity index (χ2v) is 8.39. The largest absolute Gasteiger partial charge is 0.378 e. The Balaban J connectivity index is 2.04. The van der Waals surface area contributed by atoms with Gasteiger partial charge in [-0.05, 0) is 37.1 Å². The van der Waals surface area contributed by atoms with Crippen LogP contribution in [0.2, 0.25) is 0 Å². The molecule has 2 rings (SSSR count). The van der Waals surface area contributed by atoms with Gasteiger partial charge in [-0.2, -0.15) is 0 Å². The first-order valence-electron chi connectivity index (χ1n) is 8.39. The minimum atomic E-state index is -3.20. The van der Waals surface area contributed by atoms with Crippen LogP contribution in [0.4, 0.5) is 5.69 Å². The van der Waals surface area contributed by atoms with Gasteiger partial charge in [0.05, 0.1) is 5.75 Å². The molecule has 7 heteroatoms. The molecule has 1 aromatic carbocycles. The first kappa shape index (κ1) is 18.7. The molecule has 1 saturated heterocycles. The maximum Gasteiger partial charge on any atom is 0.253 e. The zero-order chi connectivity index (χ0) is 17.7. The van der Waals surface area contributed by atoms with Gasteiger partial charge in [0.25, 0.3) is 5.91 Å². The number of benzene rings is 1. The van der Waals surface area contributed by atoms with E-state index in [2.05, 4.69) is 0 Å². The number of hydrogen-bond donors (Lipinski definition) is 0. The van der Waals surface area contributed by atoms with Gasteiger partial charge in [-0.15, -0.1) is 0 Å². The summed E-state index contributed by atoms with van der Waals surface area (Å²) >= 11 is 0. The highest BCUT2D eigenvalue weighted by Gasteiger charge is 2.26. The van der Waals surface area contributed by atoms with Gasteiger partial charge in [0.1, 0.15) is 0 Å². The molecule has 0 aromatic heterocycles. The van der Waals surface area contributed by atoms with Crippen LogP contribution >= 0.6 is 0 Å². The molecule has 0 unspecified atom stereocenters. The summed E-state index contributed by atoms with van der Waals surface area (Å²) in [5, 5.41) is 0. The van der Waals surface area contributed by atoms with E-state index in [1.807, 2.05) is 50.2 Å². The minimum absolute atomic E-state index is 0.0324. The van der Waals surface area contributed by atoms with Crippen LogP contribution in [-0.4, -0.2) is 69.6 Å². The number of carbonyl (C=O) groups excluding carboxylic acids is 1. The third kappa shape index (κ3) is 4.48. The van der Waals surface area contributed by atoms with Crippen LogP contribution in [0.15, 0.2) is 24.3 Å². The van der Waals surface area contributed by atoms with Crippen molar-refractivity contribution in [3.05, 3.63) is 29.8 Å². The van der Waals surface area contributed by atoms with E-state index in [4.69, 9.17) is 0 Å². The van der Waals surface area contributed by atoms with Crippen molar-refractivity contribution in [1.82, 2.24) is 9.21 Å². The Labute approximate surface area is 145 Å². The quantitative estimate of drug-likeness (QED) is 0.807. The summed E-state index contributed by atoms with van der Waals surface area (Å²) in [4.78, 5) is 16.4. The molecule has 1 aliphatic rings. The Morgan fingerprint density at radius 1 is 1.08 bits per heavy atom. The summed E-state index contributed by atoms with van der Waals surface area (Å²) in [6.07, 6.45) is 1.28. The number of rotatable bonds is 5. The maximum absolute atomic E-state index is 12.7. The van der Waals surface area contributed by atoms with Crippen molar-refractivity contribution in [2.75, 3.05) is 50.9 Å². The molecule has 6 nitrogen and oxygen atoms in total. The fraction of sp³-hybridized carbons (Fsp3) is 0.588. The topological polar surface area (TPSA) is 60.9 Å². The van der Waals surface area contributed by atoms with E-state index in [1.165, 1.54) is 4.31 Å². The maximum atomic E-state index is 12.7. The van der Waals surface area contributed by atoms with Gasteiger partial charge in [-0.25, -0.2) is 12.7 Å². The number of nitrogens with zero attached hydrogens (tertiary/aromatic N) is 3. The molecule has 0 radical (unpaired) electrons. The Morgan fingerprint density at radius 2 is 1.75 bits per heavy atom. The van der Waals surface area contributed by atoms with Crippen molar-refractivity contribution >= 4 is 21.6 Å². The van der Waals surface area contributed by atoms with Gasteiger partial charge in [-0.1, -0.05) is 6.92 Å². The summed E-state index contributed by atoms with van der Waals surface area (Å²) in [5.74, 6) is 0.141. The van der Waals surface area contributed by atoms with Gasteiger partial charge < -0.3 is 9.80 Å². The van der Waals surface area contributed by atoms with E-state index in [-0.39, 0.29) is 11.7 Å². The lowest BCUT2D eigenvalue weighted by Crippen LogP contribution is -2.38. The second-order valence-electron chi connectivity index (χ2n) is 6.30. The SMILES string of the molecule is CCCS(=O)(=O)N1CCCN(C(=O)c2ccc(N(C)C)cc2)CC1. The second kappa shape index (κ2) is 7.98. The average Bonchev–Trinajstić information content (AvgIpc) is 2.81. The average molecular weight is 353 g/mol. The lowest BCUT2D eigenvalue weighted by molar-refractivity contribution is 0.0764. The molecule has 0 bridgehead atoms. The Hall–Kier alpha value is -1.60. The van der Waals surface area contributed by atoms with Crippen LogP contribution in [0.1, 0.15) is 30.1 Å². The number of carbonyl (C=O) groups is 1. The molecule has 1 fully saturated rings. The van der Waals surface area contributed by atoms with Gasteiger partial charge in [0, 0.05) is 51.5 Å². The predicted octanol–water partition coefficient (Wildman–Crippen LogP) is 1.64. The van der Waals surface area contributed by atoms with Gasteiger partial charge in [-0.3, -0.25) is 4.79 Å². The molecular weight excluding hydrogens is 326 g/mol. The van der Waals surface area contributed by atoms with E-state index in [9.17, 15) is 13.2 Å². The highest BCUT2D eigenvalue weighted by Crippen LogP contribution is 2.16. The van der Waals surface area contributed by atoms with Crippen LogP contribution in [-0.2, 0) is 10.0 Å². The van der Waals surface area contributed by atoms with Crippen LogP contribution in [0.5, 0.6) is 0 Å². The Morgan fingerprint density at radius 3 is 2.33 bits per heavy atom. The molecule has 1 aliphatic heterocycles. The lowest BCUT2D eigenvalue weighted by Gasteiger charge is -2.22. The monoisotopic (exact) mass is 353 g/mol. The van der Waals surface area contributed by atoms with E-state index >= 15 is 0 Å². The van der Waals surface area contributed by atoms with Crippen LogP contribution in [0, 0.1) is 0 Å². The predicted molar refractivity (Wildman–Crippen MR) is 96.9 cm³/mol. The highest BCUT2D eigenvalue weighted by atomic mass is 32.2. The zero-order valence-corrected chi connectivity index (χ0v) is 15.6. The first-order chi connectivity index (χ1) is 11.3. The fourth-order valence-corrected chi connectivity index (χ4v) is 4.39. The summed E-state index contributed by atoms with van der Waals surface area (Å²) in [6.45, 7) is 3.77. The first-order valence-corrected chi connectivity index (χ1v) is 10.0. The van der Waals surface area contributed by atoms with Crippen molar-refractivity contribution in [2.45, 2.75) is 19.8 Å². The molecule has 1 heterocycles. The zero-order valence-electron chi connectivity index (χ0n) is 14.7. The number of amides is 1. The highest BCUT2D eigenvalue weighted by molar-refractivity contribution is 7.89. The van der Waals surface area contributed by atoms with Crippen molar-refractivity contribution in [1.29, 1.82) is 0 Å². The van der Waals surface area contributed by atoms with Gasteiger partial charge >= 0.3 is 0 Å². The van der Waals surface area contributed by atoms with E-state index in [0.717, 1.165) is 5.69 Å². The minimum Gasteiger partial charge on any atom is -0.378 e. The molecule has 1 aromatic rings. The van der Waals surface area contributed by atoms with Crippen LogP contribution in [0.25, 0.3) is 0 Å². The molecule has 0 atom stereocenters. The standard InChI is InChI=1S/C17H27N3O3S/c1-4-14-24(22,23)20-11-5-10-19(12-13-20)17(21)15-6-8-16(9-7-15)18(2)3/h6-9H,4-5,10-14H2,1-3H3. The van der Waals surface area contributed by atoms with Crippen LogP contribution < -0.4 is 4.90 Å². The lowest BCUT2D eigenvalue weighted by atomic mass is 10.1. The summed E-state index contributed by atoms with van der Waals surface area (Å²) in [7, 11) is 0.715. The number of hydrogen-bond acceptors (Lipinski definition) is 4.